The van der Waals surface area contributed by atoms with Crippen molar-refractivity contribution in [1.82, 2.24) is 19.6 Å². The van der Waals surface area contributed by atoms with Gasteiger partial charge >= 0.3 is 6.03 Å². The van der Waals surface area contributed by atoms with Gasteiger partial charge < -0.3 is 10.2 Å². The smallest absolute Gasteiger partial charge is 0.323 e. The van der Waals surface area contributed by atoms with Crippen LogP contribution in [0, 0.1) is 6.92 Å². The Balaban J connectivity index is 1.37. The zero-order chi connectivity index (χ0) is 22.9. The van der Waals surface area contributed by atoms with E-state index in [4.69, 9.17) is 11.6 Å². The van der Waals surface area contributed by atoms with Crippen molar-refractivity contribution in [2.45, 2.75) is 57.8 Å². The fraction of sp³-hybridized carbons (Fsp3) is 0.522. The SMILES string of the molecule is Cc1cc(CN2CCCC23CCN(C(=O)n2ccc(NC(=O)C(C)F)n2)CC3)ccc1Cl. The summed E-state index contributed by atoms with van der Waals surface area (Å²) in [6.45, 7) is 6.43. The summed E-state index contributed by atoms with van der Waals surface area (Å²) in [5, 5.41) is 7.24. The summed E-state index contributed by atoms with van der Waals surface area (Å²) < 4.78 is 14.3. The lowest BCUT2D eigenvalue weighted by molar-refractivity contribution is -0.120. The summed E-state index contributed by atoms with van der Waals surface area (Å²) in [5.41, 5.74) is 2.47. The quantitative estimate of drug-likeness (QED) is 0.739. The molecule has 1 atom stereocenters. The summed E-state index contributed by atoms with van der Waals surface area (Å²) in [6, 6.07) is 7.48. The second-order valence-electron chi connectivity index (χ2n) is 8.85. The van der Waals surface area contributed by atoms with Crippen LogP contribution in [0.2, 0.25) is 5.02 Å². The van der Waals surface area contributed by atoms with Gasteiger partial charge in [-0.15, -0.1) is 5.10 Å². The number of benzene rings is 1. The predicted octanol–water partition coefficient (Wildman–Crippen LogP) is 4.24. The van der Waals surface area contributed by atoms with E-state index < -0.39 is 12.1 Å². The minimum Gasteiger partial charge on any atom is -0.323 e. The third-order valence-electron chi connectivity index (χ3n) is 6.70. The first-order chi connectivity index (χ1) is 15.3. The van der Waals surface area contributed by atoms with Gasteiger partial charge in [0.05, 0.1) is 0 Å². The van der Waals surface area contributed by atoms with Crippen molar-refractivity contribution in [1.29, 1.82) is 0 Å². The van der Waals surface area contributed by atoms with Gasteiger partial charge in [-0.2, -0.15) is 4.68 Å². The first-order valence-corrected chi connectivity index (χ1v) is 11.5. The number of hydrogen-bond donors (Lipinski definition) is 1. The van der Waals surface area contributed by atoms with Gasteiger partial charge in [0.25, 0.3) is 5.91 Å². The monoisotopic (exact) mass is 461 g/mol. The number of halogens is 2. The average Bonchev–Trinajstić information content (AvgIpc) is 3.38. The minimum absolute atomic E-state index is 0.116. The number of amides is 2. The van der Waals surface area contributed by atoms with Gasteiger partial charge in [0.2, 0.25) is 0 Å². The molecule has 2 amide bonds. The molecular weight excluding hydrogens is 433 g/mol. The van der Waals surface area contributed by atoms with Crippen molar-refractivity contribution in [3.8, 4) is 0 Å². The molecule has 7 nitrogen and oxygen atoms in total. The Labute approximate surface area is 192 Å². The Morgan fingerprint density at radius 1 is 1.22 bits per heavy atom. The molecule has 4 rings (SSSR count). The van der Waals surface area contributed by atoms with Crippen LogP contribution < -0.4 is 5.32 Å². The van der Waals surface area contributed by atoms with Crippen LogP contribution in [0.5, 0.6) is 0 Å². The van der Waals surface area contributed by atoms with Crippen molar-refractivity contribution >= 4 is 29.4 Å². The maximum Gasteiger partial charge on any atom is 0.344 e. The highest BCUT2D eigenvalue weighted by atomic mass is 35.5. The number of nitrogens with one attached hydrogen (secondary N) is 1. The molecule has 1 unspecified atom stereocenters. The largest absolute Gasteiger partial charge is 0.344 e. The number of aromatic nitrogens is 2. The zero-order valence-electron chi connectivity index (χ0n) is 18.5. The molecule has 0 aliphatic carbocycles. The molecule has 1 spiro atoms. The number of anilines is 1. The second-order valence-corrected chi connectivity index (χ2v) is 9.26. The van der Waals surface area contributed by atoms with E-state index in [0.29, 0.717) is 13.1 Å². The van der Waals surface area contributed by atoms with E-state index in [9.17, 15) is 14.0 Å². The van der Waals surface area contributed by atoms with Gasteiger partial charge in [0.1, 0.15) is 0 Å². The van der Waals surface area contributed by atoms with E-state index in [2.05, 4.69) is 27.4 Å². The topological polar surface area (TPSA) is 70.5 Å². The van der Waals surface area contributed by atoms with Gasteiger partial charge in [-0.25, -0.2) is 9.18 Å². The van der Waals surface area contributed by atoms with Crippen LogP contribution in [0.15, 0.2) is 30.5 Å². The van der Waals surface area contributed by atoms with E-state index in [1.807, 2.05) is 13.0 Å². The third kappa shape index (κ3) is 4.66. The molecule has 2 saturated heterocycles. The van der Waals surface area contributed by atoms with Gasteiger partial charge in [-0.1, -0.05) is 23.7 Å². The van der Waals surface area contributed by atoms with E-state index in [1.165, 1.54) is 22.5 Å². The molecule has 2 aromatic rings. The molecular formula is C23H29ClFN5O2. The predicted molar refractivity (Wildman–Crippen MR) is 122 cm³/mol. The standard InChI is InChI=1S/C23H29ClFN5O2/c1-16-14-18(4-5-19(16)24)15-29-10-3-7-23(29)8-12-28(13-9-23)22(32)30-11-6-20(27-30)26-21(31)17(2)25/h4-6,11,14,17H,3,7-10,12-13,15H2,1-2H3,(H,26,27,31). The highest BCUT2D eigenvalue weighted by Crippen LogP contribution is 2.39. The summed E-state index contributed by atoms with van der Waals surface area (Å²) >= 11 is 6.18. The van der Waals surface area contributed by atoms with Crippen LogP contribution in [0.1, 0.15) is 43.7 Å². The maximum absolute atomic E-state index is 13.1. The highest BCUT2D eigenvalue weighted by Gasteiger charge is 2.43. The molecule has 1 aromatic heterocycles. The number of rotatable bonds is 4. The Hall–Kier alpha value is -2.45. The second kappa shape index (κ2) is 9.19. The molecule has 9 heteroatoms. The fourth-order valence-electron chi connectivity index (χ4n) is 4.81. The van der Waals surface area contributed by atoms with Crippen molar-refractivity contribution in [2.24, 2.45) is 0 Å². The van der Waals surface area contributed by atoms with Crippen molar-refractivity contribution in [2.75, 3.05) is 25.0 Å². The average molecular weight is 462 g/mol. The van der Waals surface area contributed by atoms with Gasteiger partial charge in [0.15, 0.2) is 12.0 Å². The first kappa shape index (κ1) is 22.7. The molecule has 2 aliphatic rings. The van der Waals surface area contributed by atoms with Crippen LogP contribution in [-0.2, 0) is 11.3 Å². The van der Waals surface area contributed by atoms with E-state index in [1.54, 1.807) is 4.90 Å². The number of likely N-dealkylation sites (tertiary alicyclic amines) is 2. The Kier molecular flexibility index (Phi) is 6.53. The highest BCUT2D eigenvalue weighted by molar-refractivity contribution is 6.31. The van der Waals surface area contributed by atoms with Crippen LogP contribution in [-0.4, -0.2) is 62.9 Å². The number of carbonyl (C=O) groups is 2. The molecule has 0 radical (unpaired) electrons. The molecule has 32 heavy (non-hydrogen) atoms. The first-order valence-electron chi connectivity index (χ1n) is 11.1. The number of carbonyl (C=O) groups excluding carboxylic acids is 2. The van der Waals surface area contributed by atoms with Gasteiger partial charge in [-0.05, 0) is 63.3 Å². The number of aryl methyl sites for hydroxylation is 1. The van der Waals surface area contributed by atoms with Crippen LogP contribution in [0.3, 0.4) is 0 Å². The van der Waals surface area contributed by atoms with Crippen LogP contribution in [0.25, 0.3) is 0 Å². The maximum atomic E-state index is 13.1. The molecule has 172 valence electrons. The van der Waals surface area contributed by atoms with E-state index in [-0.39, 0.29) is 17.4 Å². The molecule has 2 aliphatic heterocycles. The molecule has 1 aromatic carbocycles. The lowest BCUT2D eigenvalue weighted by Gasteiger charge is -2.45. The van der Waals surface area contributed by atoms with Crippen molar-refractivity contribution < 1.29 is 14.0 Å². The zero-order valence-corrected chi connectivity index (χ0v) is 19.2. The normalized spacial score (nSPS) is 19.3. The number of alkyl halides is 1. The van der Waals surface area contributed by atoms with Crippen LogP contribution in [0.4, 0.5) is 15.0 Å². The molecule has 3 heterocycles. The summed E-state index contributed by atoms with van der Waals surface area (Å²) in [4.78, 5) is 28.7. The van der Waals surface area contributed by atoms with Crippen molar-refractivity contribution in [3.05, 3.63) is 46.6 Å². The third-order valence-corrected chi connectivity index (χ3v) is 7.12. The molecule has 2 fully saturated rings. The Bertz CT molecular complexity index is 1000. The minimum atomic E-state index is -1.64. The Morgan fingerprint density at radius 3 is 2.66 bits per heavy atom. The Morgan fingerprint density at radius 2 is 1.97 bits per heavy atom. The fourth-order valence-corrected chi connectivity index (χ4v) is 4.93. The summed E-state index contributed by atoms with van der Waals surface area (Å²) in [5.74, 6) is -0.610. The number of nitrogens with zero attached hydrogens (tertiary/aromatic N) is 4. The van der Waals surface area contributed by atoms with Gasteiger partial charge in [-0.3, -0.25) is 9.69 Å². The van der Waals surface area contributed by atoms with Crippen LogP contribution >= 0.6 is 11.6 Å². The van der Waals surface area contributed by atoms with E-state index >= 15 is 0 Å². The lowest BCUT2D eigenvalue weighted by Crippen LogP contribution is -2.53. The molecule has 0 bridgehead atoms. The summed E-state index contributed by atoms with van der Waals surface area (Å²) in [7, 11) is 0. The van der Waals surface area contributed by atoms with Crippen molar-refractivity contribution in [3.63, 3.8) is 0 Å². The molecule has 0 saturated carbocycles. The summed E-state index contributed by atoms with van der Waals surface area (Å²) in [6.07, 6.45) is 3.98. The van der Waals surface area contributed by atoms with E-state index in [0.717, 1.165) is 56.3 Å². The molecule has 1 N–H and O–H groups in total. The number of piperidine rings is 1. The lowest BCUT2D eigenvalue weighted by atomic mass is 9.84. The van der Waals surface area contributed by atoms with Gasteiger partial charge in [0, 0.05) is 42.5 Å². The number of hydrogen-bond acceptors (Lipinski definition) is 4.